The molecule has 1 N–H and O–H groups in total. The number of hydrogen-bond acceptors (Lipinski definition) is 1. The van der Waals surface area contributed by atoms with E-state index < -0.39 is 0 Å². The van der Waals surface area contributed by atoms with Gasteiger partial charge in [0.1, 0.15) is 0 Å². The summed E-state index contributed by atoms with van der Waals surface area (Å²) in [5, 5.41) is 4.31. The van der Waals surface area contributed by atoms with Crippen LogP contribution in [0.5, 0.6) is 0 Å². The summed E-state index contributed by atoms with van der Waals surface area (Å²) in [6.45, 7) is 6.21. The summed E-state index contributed by atoms with van der Waals surface area (Å²) in [5.41, 5.74) is 6.33. The van der Waals surface area contributed by atoms with Crippen molar-refractivity contribution in [3.8, 4) is 11.1 Å². The Balaban J connectivity index is 1.95. The average Bonchev–Trinajstić information content (AvgIpc) is 2.70. The van der Waals surface area contributed by atoms with Gasteiger partial charge >= 0.3 is 0 Å². The number of allylic oxidation sites excluding steroid dienone is 5. The number of benzene rings is 3. The van der Waals surface area contributed by atoms with E-state index in [2.05, 4.69) is 36.2 Å². The maximum Gasteiger partial charge on any atom is 0.0464 e. The Morgan fingerprint density at radius 3 is 2.26 bits per heavy atom. The maximum atomic E-state index is 6.04. The van der Waals surface area contributed by atoms with E-state index in [4.69, 9.17) is 11.6 Å². The zero-order valence-electron chi connectivity index (χ0n) is 15.3. The third kappa shape index (κ3) is 4.78. The quantitative estimate of drug-likeness (QED) is 0.434. The molecule has 0 aromatic heterocycles. The van der Waals surface area contributed by atoms with Gasteiger partial charge in [-0.1, -0.05) is 91.0 Å². The van der Waals surface area contributed by atoms with Crippen molar-refractivity contribution >= 4 is 28.5 Å². The highest BCUT2D eigenvalue weighted by Gasteiger charge is 2.08. The minimum atomic E-state index is 0.735. The number of nitrogens with one attached hydrogen (secondary N) is 1. The third-order valence-corrected chi connectivity index (χ3v) is 4.48. The largest absolute Gasteiger partial charge is 0.355 e. The first-order valence-corrected chi connectivity index (χ1v) is 9.26. The second-order valence-electron chi connectivity index (χ2n) is 6.13. The van der Waals surface area contributed by atoms with Gasteiger partial charge in [-0.15, -0.1) is 0 Å². The third-order valence-electron chi connectivity index (χ3n) is 4.23. The highest BCUT2D eigenvalue weighted by atomic mass is 35.5. The highest BCUT2D eigenvalue weighted by Crippen LogP contribution is 2.33. The van der Waals surface area contributed by atoms with E-state index >= 15 is 0 Å². The van der Waals surface area contributed by atoms with E-state index in [0.29, 0.717) is 0 Å². The molecule has 0 saturated carbocycles. The Kier molecular flexibility index (Phi) is 6.30. The van der Waals surface area contributed by atoms with Gasteiger partial charge < -0.3 is 5.32 Å². The molecule has 0 amide bonds. The lowest BCUT2D eigenvalue weighted by molar-refractivity contribution is 1.51. The fourth-order valence-electron chi connectivity index (χ4n) is 2.86. The van der Waals surface area contributed by atoms with Crippen molar-refractivity contribution in [2.45, 2.75) is 6.92 Å². The van der Waals surface area contributed by atoms with Crippen molar-refractivity contribution in [3.05, 3.63) is 114 Å². The Bertz CT molecular complexity index is 981. The molecule has 0 heterocycles. The zero-order chi connectivity index (χ0) is 19.1. The van der Waals surface area contributed by atoms with Gasteiger partial charge in [0.05, 0.1) is 0 Å². The average molecular weight is 372 g/mol. The summed E-state index contributed by atoms with van der Waals surface area (Å²) < 4.78 is 0. The number of para-hydroxylation sites is 2. The van der Waals surface area contributed by atoms with Crippen LogP contribution in [0, 0.1) is 0 Å². The van der Waals surface area contributed by atoms with Crippen LogP contribution >= 0.6 is 11.6 Å². The van der Waals surface area contributed by atoms with Gasteiger partial charge in [0.2, 0.25) is 0 Å². The zero-order valence-corrected chi connectivity index (χ0v) is 16.1. The first-order valence-electron chi connectivity index (χ1n) is 8.88. The summed E-state index contributed by atoms with van der Waals surface area (Å²) in [4.78, 5) is 0. The van der Waals surface area contributed by atoms with Crippen molar-refractivity contribution < 1.29 is 0 Å². The van der Waals surface area contributed by atoms with Crippen LogP contribution < -0.4 is 5.32 Å². The molecular weight excluding hydrogens is 350 g/mol. The molecule has 0 saturated heterocycles. The Hall–Kier alpha value is -3.03. The fraction of sp³-hybridized carbons (Fsp3) is 0.0400. The highest BCUT2D eigenvalue weighted by molar-refractivity contribution is 6.30. The minimum absolute atomic E-state index is 0.735. The lowest BCUT2D eigenvalue weighted by Gasteiger charge is -2.16. The topological polar surface area (TPSA) is 12.0 Å². The lowest BCUT2D eigenvalue weighted by atomic mass is 10.0. The second-order valence-corrected chi connectivity index (χ2v) is 6.57. The van der Waals surface area contributed by atoms with Crippen LogP contribution in [0.2, 0.25) is 5.02 Å². The van der Waals surface area contributed by atoms with Crippen molar-refractivity contribution in [2.24, 2.45) is 0 Å². The molecule has 134 valence electrons. The fourth-order valence-corrected chi connectivity index (χ4v) is 2.99. The molecule has 1 nitrogen and oxygen atoms in total. The Morgan fingerprint density at radius 2 is 1.52 bits per heavy atom. The van der Waals surface area contributed by atoms with Gasteiger partial charge in [0, 0.05) is 27.5 Å². The molecule has 27 heavy (non-hydrogen) atoms. The van der Waals surface area contributed by atoms with Crippen LogP contribution in [0.25, 0.3) is 16.7 Å². The van der Waals surface area contributed by atoms with Gasteiger partial charge in [-0.3, -0.25) is 0 Å². The molecule has 0 radical (unpaired) electrons. The summed E-state index contributed by atoms with van der Waals surface area (Å²) >= 11 is 6.04. The van der Waals surface area contributed by atoms with Crippen molar-refractivity contribution in [3.63, 3.8) is 0 Å². The van der Waals surface area contributed by atoms with E-state index in [1.165, 1.54) is 0 Å². The summed E-state index contributed by atoms with van der Waals surface area (Å²) in [7, 11) is 0. The SMILES string of the molecule is C=C(/C=C\C=C/C)c1ccccc1Nc1ccccc1-c1ccc(Cl)cc1. The van der Waals surface area contributed by atoms with Crippen molar-refractivity contribution in [1.29, 1.82) is 0 Å². The molecule has 0 aliphatic carbocycles. The maximum absolute atomic E-state index is 6.04. The molecule has 2 heteroatoms. The van der Waals surface area contributed by atoms with E-state index in [1.54, 1.807) is 0 Å². The molecule has 0 bridgehead atoms. The molecule has 3 aromatic rings. The van der Waals surface area contributed by atoms with Crippen molar-refractivity contribution in [2.75, 3.05) is 5.32 Å². The van der Waals surface area contributed by atoms with Gasteiger partial charge in [0.25, 0.3) is 0 Å². The Morgan fingerprint density at radius 1 is 0.852 bits per heavy atom. The molecule has 3 aromatic carbocycles. The summed E-state index contributed by atoms with van der Waals surface area (Å²) in [5.74, 6) is 0. The molecule has 0 aliphatic rings. The van der Waals surface area contributed by atoms with E-state index in [-0.39, 0.29) is 0 Å². The van der Waals surface area contributed by atoms with Gasteiger partial charge in [-0.2, -0.15) is 0 Å². The lowest BCUT2D eigenvalue weighted by Crippen LogP contribution is -1.96. The predicted molar refractivity (Wildman–Crippen MR) is 120 cm³/mol. The summed E-state index contributed by atoms with van der Waals surface area (Å²) in [6, 6.07) is 24.4. The van der Waals surface area contributed by atoms with E-state index in [9.17, 15) is 0 Å². The normalized spacial score (nSPS) is 11.2. The van der Waals surface area contributed by atoms with Gasteiger partial charge in [-0.25, -0.2) is 0 Å². The van der Waals surface area contributed by atoms with E-state index in [1.807, 2.05) is 79.8 Å². The number of halogens is 1. The van der Waals surface area contributed by atoms with E-state index in [0.717, 1.165) is 38.7 Å². The van der Waals surface area contributed by atoms with Crippen LogP contribution in [0.1, 0.15) is 12.5 Å². The molecule has 0 spiro atoms. The molecule has 0 unspecified atom stereocenters. The standard InChI is InChI=1S/C25H22ClN/c1-3-4-5-10-19(2)22-11-6-8-13-24(22)27-25-14-9-7-12-23(25)20-15-17-21(26)18-16-20/h3-18,27H,2H2,1H3/b4-3-,10-5-. The summed E-state index contributed by atoms with van der Waals surface area (Å²) in [6.07, 6.45) is 8.01. The molecular formula is C25H22ClN. The number of hydrogen-bond donors (Lipinski definition) is 1. The molecule has 3 rings (SSSR count). The van der Waals surface area contributed by atoms with Crippen LogP contribution in [0.15, 0.2) is 104 Å². The minimum Gasteiger partial charge on any atom is -0.355 e. The second kappa shape index (κ2) is 9.07. The van der Waals surface area contributed by atoms with Crippen LogP contribution in [-0.2, 0) is 0 Å². The smallest absolute Gasteiger partial charge is 0.0464 e. The molecule has 0 fully saturated rings. The van der Waals surface area contributed by atoms with Crippen LogP contribution in [0.4, 0.5) is 11.4 Å². The first kappa shape index (κ1) is 18.8. The van der Waals surface area contributed by atoms with Crippen LogP contribution in [-0.4, -0.2) is 0 Å². The monoisotopic (exact) mass is 371 g/mol. The molecule has 0 atom stereocenters. The number of anilines is 2. The van der Waals surface area contributed by atoms with Gasteiger partial charge in [-0.05, 0) is 42.3 Å². The van der Waals surface area contributed by atoms with Crippen LogP contribution in [0.3, 0.4) is 0 Å². The molecule has 0 aliphatic heterocycles. The number of rotatable bonds is 6. The van der Waals surface area contributed by atoms with Crippen molar-refractivity contribution in [1.82, 2.24) is 0 Å². The Labute approximate surface area is 166 Å². The van der Waals surface area contributed by atoms with Gasteiger partial charge in [0.15, 0.2) is 0 Å². The predicted octanol–water partition coefficient (Wildman–Crippen LogP) is 7.90. The first-order chi connectivity index (χ1) is 13.2.